The second kappa shape index (κ2) is 10.8. The monoisotopic (exact) mass is 502 g/mol. The smallest absolute Gasteiger partial charge is 0.409 e. The molecule has 0 spiro atoms. The van der Waals surface area contributed by atoms with Crippen LogP contribution in [-0.2, 0) is 27.1 Å². The van der Waals surface area contributed by atoms with Crippen LogP contribution in [0.1, 0.15) is 47.8 Å². The molecule has 35 heavy (non-hydrogen) atoms. The Hall–Kier alpha value is -2.91. The molecule has 2 aliphatic rings. The summed E-state index contributed by atoms with van der Waals surface area (Å²) in [5, 5.41) is 1.39. The van der Waals surface area contributed by atoms with Gasteiger partial charge in [0.05, 0.1) is 37.0 Å². The fraction of sp³-hybridized carbons (Fsp3) is 0.520. The number of piperazine rings is 1. The lowest BCUT2D eigenvalue weighted by Gasteiger charge is -2.39. The summed E-state index contributed by atoms with van der Waals surface area (Å²) in [6.07, 6.45) is 2.29. The van der Waals surface area contributed by atoms with Crippen LogP contribution in [0.4, 0.5) is 4.79 Å². The molecule has 2 aromatic rings. The van der Waals surface area contributed by atoms with Crippen LogP contribution in [0.3, 0.4) is 0 Å². The number of rotatable bonds is 5. The molecule has 1 fully saturated rings. The Bertz CT molecular complexity index is 1140. The van der Waals surface area contributed by atoms with Crippen molar-refractivity contribution < 1.29 is 23.9 Å². The van der Waals surface area contributed by atoms with E-state index in [0.717, 1.165) is 29.5 Å². The number of carbonyl (C=O) groups is 3. The van der Waals surface area contributed by atoms with Crippen molar-refractivity contribution in [3.8, 4) is 0 Å². The molecule has 2 amide bonds. The Kier molecular flexibility index (Phi) is 7.76. The molecular formula is C25H31ClN4O5. The van der Waals surface area contributed by atoms with E-state index in [0.29, 0.717) is 55.1 Å². The number of methoxy groups -OCH3 is 1. The van der Waals surface area contributed by atoms with Gasteiger partial charge in [-0.1, -0.05) is 24.6 Å². The minimum absolute atomic E-state index is 0.173. The van der Waals surface area contributed by atoms with Crippen LogP contribution < -0.4 is 5.73 Å². The first-order valence-electron chi connectivity index (χ1n) is 12.0. The molecule has 1 aliphatic heterocycles. The zero-order valence-electron chi connectivity index (χ0n) is 20.1. The maximum Gasteiger partial charge on any atom is 0.409 e. The molecule has 1 aromatic heterocycles. The molecular weight excluding hydrogens is 472 g/mol. The maximum absolute atomic E-state index is 13.3. The van der Waals surface area contributed by atoms with Gasteiger partial charge >= 0.3 is 12.1 Å². The van der Waals surface area contributed by atoms with E-state index in [1.807, 2.05) is 13.0 Å². The molecule has 0 saturated carbocycles. The number of pyridine rings is 1. The highest BCUT2D eigenvalue weighted by Gasteiger charge is 2.32. The van der Waals surface area contributed by atoms with Gasteiger partial charge in [0.15, 0.2) is 0 Å². The number of nitrogens with two attached hydrogens (primary N) is 1. The molecule has 4 rings (SSSR count). The number of aryl methyl sites for hydroxylation is 1. The molecule has 2 heterocycles. The van der Waals surface area contributed by atoms with Crippen LogP contribution in [0.5, 0.6) is 0 Å². The number of carbonyl (C=O) groups excluding carboxylic acids is 3. The molecule has 0 radical (unpaired) electrons. The molecule has 1 saturated heterocycles. The number of hydrogen-bond acceptors (Lipinski definition) is 7. The van der Waals surface area contributed by atoms with Gasteiger partial charge in [0, 0.05) is 36.2 Å². The van der Waals surface area contributed by atoms with Gasteiger partial charge in [-0.05, 0) is 49.3 Å². The summed E-state index contributed by atoms with van der Waals surface area (Å²) >= 11 is 6.76. The van der Waals surface area contributed by atoms with Crippen molar-refractivity contribution in [2.24, 2.45) is 11.7 Å². The molecule has 1 aliphatic carbocycles. The minimum Gasteiger partial charge on any atom is -0.469 e. The molecule has 1 aromatic carbocycles. The molecule has 2 atom stereocenters. The maximum atomic E-state index is 13.3. The third kappa shape index (κ3) is 5.36. The van der Waals surface area contributed by atoms with Gasteiger partial charge in [0.2, 0.25) is 0 Å². The Morgan fingerprint density at radius 1 is 1.26 bits per heavy atom. The van der Waals surface area contributed by atoms with E-state index in [-0.39, 0.29) is 24.3 Å². The number of ether oxygens (including phenoxy) is 2. The first kappa shape index (κ1) is 25.2. The molecule has 10 heteroatoms. The summed E-state index contributed by atoms with van der Waals surface area (Å²) in [6, 6.07) is 5.29. The number of benzene rings is 1. The van der Waals surface area contributed by atoms with Gasteiger partial charge in [0.25, 0.3) is 5.91 Å². The summed E-state index contributed by atoms with van der Waals surface area (Å²) < 4.78 is 9.99. The van der Waals surface area contributed by atoms with Gasteiger partial charge in [-0.15, -0.1) is 0 Å². The van der Waals surface area contributed by atoms with Crippen molar-refractivity contribution in [3.63, 3.8) is 0 Å². The highest BCUT2D eigenvalue weighted by atomic mass is 35.5. The van der Waals surface area contributed by atoms with E-state index in [2.05, 4.69) is 0 Å². The van der Waals surface area contributed by atoms with E-state index in [1.54, 1.807) is 17.0 Å². The number of esters is 1. The van der Waals surface area contributed by atoms with Crippen LogP contribution in [0.2, 0.25) is 5.02 Å². The average Bonchev–Trinajstić information content (AvgIpc) is 2.86. The average molecular weight is 503 g/mol. The highest BCUT2D eigenvalue weighted by molar-refractivity contribution is 6.36. The second-order valence-electron chi connectivity index (χ2n) is 9.10. The number of aromatic nitrogens is 1. The fourth-order valence-electron chi connectivity index (χ4n) is 4.76. The number of fused-ring (bicyclic) bond motifs is 2. The lowest BCUT2D eigenvalue weighted by molar-refractivity contribution is -0.141. The lowest BCUT2D eigenvalue weighted by atomic mass is 9.84. The number of nitrogens with zero attached hydrogens (tertiary/aromatic N) is 3. The molecule has 0 bridgehead atoms. The van der Waals surface area contributed by atoms with E-state index in [1.165, 1.54) is 12.0 Å². The van der Waals surface area contributed by atoms with E-state index in [9.17, 15) is 14.4 Å². The van der Waals surface area contributed by atoms with Crippen molar-refractivity contribution in [2.45, 2.75) is 45.2 Å². The van der Waals surface area contributed by atoms with Crippen LogP contribution in [0, 0.1) is 5.92 Å². The van der Waals surface area contributed by atoms with E-state index < -0.39 is 12.3 Å². The zero-order chi connectivity index (χ0) is 25.1. The largest absolute Gasteiger partial charge is 0.469 e. The van der Waals surface area contributed by atoms with Crippen molar-refractivity contribution >= 4 is 40.5 Å². The normalized spacial score (nSPS) is 19.9. The molecule has 2 unspecified atom stereocenters. The fourth-order valence-corrected chi connectivity index (χ4v) is 5.10. The highest BCUT2D eigenvalue weighted by Crippen LogP contribution is 2.36. The summed E-state index contributed by atoms with van der Waals surface area (Å²) in [7, 11) is 1.40. The Morgan fingerprint density at radius 2 is 2.06 bits per heavy atom. The summed E-state index contributed by atoms with van der Waals surface area (Å²) in [5.41, 5.74) is 9.24. The van der Waals surface area contributed by atoms with Gasteiger partial charge in [0.1, 0.15) is 0 Å². The van der Waals surface area contributed by atoms with E-state index >= 15 is 0 Å². The van der Waals surface area contributed by atoms with Crippen molar-refractivity contribution in [1.82, 2.24) is 14.8 Å². The van der Waals surface area contributed by atoms with Crippen LogP contribution in [-0.4, -0.2) is 72.3 Å². The SMILES string of the molecule is CCCOC(=O)N1CCN(C(=O)c2ccc3c(Cl)c4c(nc3c2)CCC(CC(=O)OC)C4)C(N)C1. The first-order valence-corrected chi connectivity index (χ1v) is 12.4. The molecule has 188 valence electrons. The Balaban J connectivity index is 1.50. The van der Waals surface area contributed by atoms with Gasteiger partial charge in [-0.2, -0.15) is 0 Å². The number of hydrogen-bond donors (Lipinski definition) is 1. The third-order valence-corrected chi connectivity index (χ3v) is 7.11. The van der Waals surface area contributed by atoms with Gasteiger partial charge < -0.3 is 25.0 Å². The summed E-state index contributed by atoms with van der Waals surface area (Å²) in [4.78, 5) is 45.0. The molecule has 2 N–H and O–H groups in total. The predicted octanol–water partition coefficient (Wildman–Crippen LogP) is 3.15. The van der Waals surface area contributed by atoms with Crippen LogP contribution in [0.15, 0.2) is 18.2 Å². The quantitative estimate of drug-likeness (QED) is 0.624. The predicted molar refractivity (Wildman–Crippen MR) is 131 cm³/mol. The Morgan fingerprint density at radius 3 is 2.77 bits per heavy atom. The third-order valence-electron chi connectivity index (χ3n) is 6.68. The first-order chi connectivity index (χ1) is 16.8. The lowest BCUT2D eigenvalue weighted by Crippen LogP contribution is -2.60. The van der Waals surface area contributed by atoms with E-state index in [4.69, 9.17) is 31.8 Å². The van der Waals surface area contributed by atoms with Gasteiger partial charge in [-0.25, -0.2) is 4.79 Å². The van der Waals surface area contributed by atoms with Crippen molar-refractivity contribution in [2.75, 3.05) is 33.4 Å². The summed E-state index contributed by atoms with van der Waals surface area (Å²) in [6.45, 7) is 3.18. The number of amides is 2. The standard InChI is InChI=1S/C25H31ClN4O5/c1-3-10-35-25(33)29-8-9-30(21(27)14-29)24(32)16-5-6-17-20(13-16)28-19-7-4-15(12-22(31)34-2)11-18(19)23(17)26/h5-6,13,15,21H,3-4,7-12,14,27H2,1-2H3. The van der Waals surface area contributed by atoms with Gasteiger partial charge in [-0.3, -0.25) is 14.6 Å². The number of halogens is 1. The van der Waals surface area contributed by atoms with Crippen molar-refractivity contribution in [1.29, 1.82) is 0 Å². The Labute approximate surface area is 209 Å². The minimum atomic E-state index is -0.632. The summed E-state index contributed by atoms with van der Waals surface area (Å²) in [5.74, 6) is -0.259. The topological polar surface area (TPSA) is 115 Å². The van der Waals surface area contributed by atoms with Crippen LogP contribution in [0.25, 0.3) is 10.9 Å². The molecule has 9 nitrogen and oxygen atoms in total. The van der Waals surface area contributed by atoms with Crippen molar-refractivity contribution in [3.05, 3.63) is 40.0 Å². The zero-order valence-corrected chi connectivity index (χ0v) is 20.8. The van der Waals surface area contributed by atoms with Crippen LogP contribution >= 0.6 is 11.6 Å². The second-order valence-corrected chi connectivity index (χ2v) is 9.48.